The highest BCUT2D eigenvalue weighted by molar-refractivity contribution is 14.0. The number of hydrogen-bond donors (Lipinski definition) is 2. The average molecular weight is 425 g/mol. The first-order valence-corrected chi connectivity index (χ1v) is 7.43. The first-order valence-electron chi connectivity index (χ1n) is 7.43. The van der Waals surface area contributed by atoms with Crippen molar-refractivity contribution in [1.29, 1.82) is 0 Å². The molecule has 0 bridgehead atoms. The summed E-state index contributed by atoms with van der Waals surface area (Å²) in [5.74, 6) is 2.72. The lowest BCUT2D eigenvalue weighted by atomic mass is 10.1. The van der Waals surface area contributed by atoms with E-state index in [-0.39, 0.29) is 24.0 Å². The van der Waals surface area contributed by atoms with Crippen LogP contribution in [0.3, 0.4) is 0 Å². The second-order valence-corrected chi connectivity index (χ2v) is 5.21. The molecule has 1 aromatic heterocycles. The van der Waals surface area contributed by atoms with E-state index in [1.807, 2.05) is 0 Å². The van der Waals surface area contributed by atoms with Gasteiger partial charge in [-0.15, -0.1) is 24.0 Å². The van der Waals surface area contributed by atoms with E-state index in [0.29, 0.717) is 37.2 Å². The largest absolute Gasteiger partial charge is 0.380 e. The first-order chi connectivity index (χ1) is 10.1. The molecule has 0 aromatic carbocycles. The molecule has 0 fully saturated rings. The highest BCUT2D eigenvalue weighted by atomic mass is 127. The molecule has 0 unspecified atom stereocenters. The number of nitrogens with one attached hydrogen (secondary N) is 2. The van der Waals surface area contributed by atoms with E-state index >= 15 is 0 Å². The lowest BCUT2D eigenvalue weighted by molar-refractivity contribution is 0.128. The number of aliphatic imine (C=N–C) groups is 1. The molecule has 0 spiro atoms. The molecule has 0 aliphatic rings. The van der Waals surface area contributed by atoms with E-state index in [4.69, 9.17) is 9.26 Å². The Balaban J connectivity index is 0.00000441. The van der Waals surface area contributed by atoms with Crippen LogP contribution in [0.1, 0.15) is 32.0 Å². The fraction of sp³-hybridized carbons (Fsp3) is 0.786. The van der Waals surface area contributed by atoms with Crippen LogP contribution in [-0.2, 0) is 11.2 Å². The summed E-state index contributed by atoms with van der Waals surface area (Å²) in [5.41, 5.74) is 0. The molecule has 7 nitrogen and oxygen atoms in total. The zero-order valence-electron chi connectivity index (χ0n) is 13.9. The molecule has 8 heteroatoms. The Kier molecular flexibility index (Phi) is 12.1. The number of guanidine groups is 1. The van der Waals surface area contributed by atoms with Crippen LogP contribution in [0, 0.1) is 12.8 Å². The van der Waals surface area contributed by atoms with Crippen LogP contribution < -0.4 is 10.6 Å². The molecule has 0 amide bonds. The normalized spacial score (nSPS) is 11.4. The summed E-state index contributed by atoms with van der Waals surface area (Å²) in [4.78, 5) is 8.29. The van der Waals surface area contributed by atoms with Gasteiger partial charge in [-0.3, -0.25) is 4.99 Å². The predicted molar refractivity (Wildman–Crippen MR) is 97.8 cm³/mol. The fourth-order valence-corrected chi connectivity index (χ4v) is 1.61. The maximum atomic E-state index is 5.54. The second-order valence-electron chi connectivity index (χ2n) is 5.21. The van der Waals surface area contributed by atoms with Crippen molar-refractivity contribution in [2.45, 2.75) is 33.6 Å². The predicted octanol–water partition coefficient (Wildman–Crippen LogP) is 1.77. The average Bonchev–Trinajstić information content (AvgIpc) is 2.86. The molecule has 1 heterocycles. The summed E-state index contributed by atoms with van der Waals surface area (Å²) in [5, 5.41) is 10.1. The minimum atomic E-state index is 0. The Morgan fingerprint density at radius 2 is 2.00 bits per heavy atom. The Morgan fingerprint density at radius 1 is 1.27 bits per heavy atom. The Bertz CT molecular complexity index is 423. The van der Waals surface area contributed by atoms with Crippen molar-refractivity contribution < 1.29 is 9.26 Å². The van der Waals surface area contributed by atoms with Crippen LogP contribution in [0.4, 0.5) is 0 Å². The van der Waals surface area contributed by atoms with Crippen LogP contribution in [0.5, 0.6) is 0 Å². The molecule has 0 radical (unpaired) electrons. The third-order valence-electron chi connectivity index (χ3n) is 2.80. The minimum Gasteiger partial charge on any atom is -0.380 e. The van der Waals surface area contributed by atoms with Crippen LogP contribution >= 0.6 is 24.0 Å². The second kappa shape index (κ2) is 12.6. The molecule has 1 rings (SSSR count). The van der Waals surface area contributed by atoms with Crippen LogP contribution in [0.15, 0.2) is 9.52 Å². The fourth-order valence-electron chi connectivity index (χ4n) is 1.61. The van der Waals surface area contributed by atoms with Gasteiger partial charge in [0.15, 0.2) is 11.8 Å². The standard InChI is InChI=1S/C14H27N5O2.HI/c1-11(2)6-9-20-10-8-17-14(15-4)16-7-5-13-18-12(3)19-21-13;/h11H,5-10H2,1-4H3,(H2,15,16,17);1H. The Labute approximate surface area is 149 Å². The molecule has 1 aromatic rings. The van der Waals surface area contributed by atoms with Crippen molar-refractivity contribution in [3.05, 3.63) is 11.7 Å². The number of rotatable bonds is 9. The number of ether oxygens (including phenoxy) is 1. The van der Waals surface area contributed by atoms with E-state index in [0.717, 1.165) is 25.5 Å². The summed E-state index contributed by atoms with van der Waals surface area (Å²) in [6.45, 7) is 9.10. The van der Waals surface area contributed by atoms with E-state index < -0.39 is 0 Å². The van der Waals surface area contributed by atoms with Crippen molar-refractivity contribution in [3.8, 4) is 0 Å². The van der Waals surface area contributed by atoms with E-state index in [2.05, 4.69) is 39.6 Å². The van der Waals surface area contributed by atoms with E-state index in [1.54, 1.807) is 14.0 Å². The van der Waals surface area contributed by atoms with Crippen molar-refractivity contribution in [1.82, 2.24) is 20.8 Å². The van der Waals surface area contributed by atoms with Gasteiger partial charge in [0.2, 0.25) is 5.89 Å². The Morgan fingerprint density at radius 3 is 2.59 bits per heavy atom. The molecule has 0 aliphatic carbocycles. The summed E-state index contributed by atoms with van der Waals surface area (Å²) in [6, 6.07) is 0. The van der Waals surface area contributed by atoms with Gasteiger partial charge in [-0.25, -0.2) is 0 Å². The van der Waals surface area contributed by atoms with Gasteiger partial charge >= 0.3 is 0 Å². The van der Waals surface area contributed by atoms with Gasteiger partial charge in [0.1, 0.15) is 0 Å². The zero-order chi connectivity index (χ0) is 15.5. The molecule has 0 saturated heterocycles. The van der Waals surface area contributed by atoms with Gasteiger partial charge < -0.3 is 19.9 Å². The van der Waals surface area contributed by atoms with E-state index in [1.165, 1.54) is 0 Å². The number of nitrogens with zero attached hydrogens (tertiary/aromatic N) is 3. The lowest BCUT2D eigenvalue weighted by Gasteiger charge is -2.11. The van der Waals surface area contributed by atoms with Crippen LogP contribution in [0.25, 0.3) is 0 Å². The van der Waals surface area contributed by atoms with E-state index in [9.17, 15) is 0 Å². The third kappa shape index (κ3) is 9.93. The third-order valence-corrected chi connectivity index (χ3v) is 2.80. The van der Waals surface area contributed by atoms with Gasteiger partial charge in [0.25, 0.3) is 0 Å². The summed E-state index contributed by atoms with van der Waals surface area (Å²) >= 11 is 0. The summed E-state index contributed by atoms with van der Waals surface area (Å²) < 4.78 is 10.6. The van der Waals surface area contributed by atoms with Crippen molar-refractivity contribution in [2.75, 3.05) is 33.4 Å². The lowest BCUT2D eigenvalue weighted by Crippen LogP contribution is -2.39. The molecular formula is C14H28IN5O2. The molecular weight excluding hydrogens is 397 g/mol. The molecule has 0 aliphatic heterocycles. The maximum absolute atomic E-state index is 5.54. The Hall–Kier alpha value is -0.900. The number of aryl methyl sites for hydroxylation is 1. The summed E-state index contributed by atoms with van der Waals surface area (Å²) in [7, 11) is 1.74. The molecule has 0 saturated carbocycles. The molecule has 2 N–H and O–H groups in total. The molecule has 128 valence electrons. The number of halogens is 1. The topological polar surface area (TPSA) is 84.6 Å². The van der Waals surface area contributed by atoms with Crippen molar-refractivity contribution in [3.63, 3.8) is 0 Å². The maximum Gasteiger partial charge on any atom is 0.228 e. The van der Waals surface area contributed by atoms with Gasteiger partial charge in [-0.2, -0.15) is 4.98 Å². The number of hydrogen-bond acceptors (Lipinski definition) is 5. The van der Waals surface area contributed by atoms with Crippen molar-refractivity contribution in [2.24, 2.45) is 10.9 Å². The first kappa shape index (κ1) is 21.1. The molecule has 22 heavy (non-hydrogen) atoms. The monoisotopic (exact) mass is 425 g/mol. The van der Waals surface area contributed by atoms with Gasteiger partial charge in [0, 0.05) is 33.2 Å². The van der Waals surface area contributed by atoms with Crippen LogP contribution in [-0.4, -0.2) is 49.5 Å². The van der Waals surface area contributed by atoms with Crippen LogP contribution in [0.2, 0.25) is 0 Å². The highest BCUT2D eigenvalue weighted by Gasteiger charge is 2.03. The van der Waals surface area contributed by atoms with Crippen molar-refractivity contribution >= 4 is 29.9 Å². The minimum absolute atomic E-state index is 0. The highest BCUT2D eigenvalue weighted by Crippen LogP contribution is 1.98. The quantitative estimate of drug-likeness (QED) is 0.272. The summed E-state index contributed by atoms with van der Waals surface area (Å²) in [6.07, 6.45) is 1.77. The van der Waals surface area contributed by atoms with Gasteiger partial charge in [0.05, 0.1) is 6.61 Å². The van der Waals surface area contributed by atoms with Gasteiger partial charge in [-0.05, 0) is 19.3 Å². The zero-order valence-corrected chi connectivity index (χ0v) is 16.2. The SMILES string of the molecule is CN=C(NCCOCCC(C)C)NCCc1nc(C)no1.I. The van der Waals surface area contributed by atoms with Gasteiger partial charge in [-0.1, -0.05) is 19.0 Å². The number of aromatic nitrogens is 2. The molecule has 0 atom stereocenters. The smallest absolute Gasteiger partial charge is 0.228 e.